The summed E-state index contributed by atoms with van der Waals surface area (Å²) >= 11 is 0. The molecule has 0 radical (unpaired) electrons. The van der Waals surface area contributed by atoms with Gasteiger partial charge in [0, 0.05) is 44.5 Å². The van der Waals surface area contributed by atoms with Crippen LogP contribution in [0.15, 0.2) is 18.3 Å². The zero-order chi connectivity index (χ0) is 17.1. The Morgan fingerprint density at radius 2 is 1.88 bits per heavy atom. The number of aromatic nitrogens is 1. The van der Waals surface area contributed by atoms with Crippen LogP contribution in [0.25, 0.3) is 0 Å². The summed E-state index contributed by atoms with van der Waals surface area (Å²) in [7, 11) is 0. The number of pyridine rings is 1. The number of ether oxygens (including phenoxy) is 1. The molecule has 5 nitrogen and oxygen atoms in total. The molecule has 3 aliphatic rings. The highest BCUT2D eigenvalue weighted by Crippen LogP contribution is 2.27. The van der Waals surface area contributed by atoms with Crippen LogP contribution in [-0.2, 0) is 0 Å². The van der Waals surface area contributed by atoms with E-state index in [0.29, 0.717) is 17.4 Å². The Morgan fingerprint density at radius 1 is 1.04 bits per heavy atom. The van der Waals surface area contributed by atoms with Crippen molar-refractivity contribution in [2.45, 2.75) is 51.0 Å². The molecule has 0 unspecified atom stereocenters. The van der Waals surface area contributed by atoms with E-state index in [9.17, 15) is 4.79 Å². The number of amides is 1. The molecule has 2 aliphatic carbocycles. The van der Waals surface area contributed by atoms with Crippen LogP contribution in [0.5, 0.6) is 5.88 Å². The number of nitrogens with zero attached hydrogens (tertiary/aromatic N) is 3. The van der Waals surface area contributed by atoms with Gasteiger partial charge in [-0.3, -0.25) is 9.69 Å². The molecule has 1 aromatic heterocycles. The van der Waals surface area contributed by atoms with Crippen LogP contribution in [0.2, 0.25) is 0 Å². The molecule has 0 spiro atoms. The number of hydrogen-bond acceptors (Lipinski definition) is 4. The Kier molecular flexibility index (Phi) is 5.20. The Labute approximate surface area is 150 Å². The second-order valence-electron chi connectivity index (χ2n) is 7.76. The second kappa shape index (κ2) is 7.73. The van der Waals surface area contributed by atoms with E-state index in [2.05, 4.69) is 9.88 Å². The van der Waals surface area contributed by atoms with Crippen molar-refractivity contribution in [3.63, 3.8) is 0 Å². The molecular formula is C20H29N3O2. The van der Waals surface area contributed by atoms with Crippen LogP contribution in [0.1, 0.15) is 55.3 Å². The van der Waals surface area contributed by atoms with E-state index in [0.717, 1.165) is 45.2 Å². The summed E-state index contributed by atoms with van der Waals surface area (Å²) in [5.41, 5.74) is 0.674. The van der Waals surface area contributed by atoms with Crippen LogP contribution in [-0.4, -0.2) is 59.5 Å². The lowest BCUT2D eigenvalue weighted by Crippen LogP contribution is -2.42. The Hall–Kier alpha value is -1.62. The highest BCUT2D eigenvalue weighted by molar-refractivity contribution is 5.94. The van der Waals surface area contributed by atoms with Crippen molar-refractivity contribution in [2.24, 2.45) is 5.92 Å². The van der Waals surface area contributed by atoms with Gasteiger partial charge in [-0.15, -0.1) is 0 Å². The van der Waals surface area contributed by atoms with Gasteiger partial charge in [0.25, 0.3) is 5.91 Å². The number of hydrogen-bond donors (Lipinski definition) is 0. The van der Waals surface area contributed by atoms with Crippen LogP contribution < -0.4 is 4.74 Å². The van der Waals surface area contributed by atoms with E-state index >= 15 is 0 Å². The molecule has 3 fully saturated rings. The number of rotatable bonds is 5. The quantitative estimate of drug-likeness (QED) is 0.825. The van der Waals surface area contributed by atoms with Crippen molar-refractivity contribution >= 4 is 5.91 Å². The SMILES string of the molecule is O=C(c1ccc(OCC2CCC2)nc1)N1CCCN(C2CCC2)CC1. The molecule has 136 valence electrons. The first-order chi connectivity index (χ1) is 12.3. The fraction of sp³-hybridized carbons (Fsp3) is 0.700. The van der Waals surface area contributed by atoms with Gasteiger partial charge in [-0.05, 0) is 44.1 Å². The average molecular weight is 343 g/mol. The van der Waals surface area contributed by atoms with Gasteiger partial charge in [0.1, 0.15) is 0 Å². The van der Waals surface area contributed by atoms with Gasteiger partial charge in [0.2, 0.25) is 5.88 Å². The normalized spacial score (nSPS) is 22.8. The molecule has 0 aromatic carbocycles. The van der Waals surface area contributed by atoms with Gasteiger partial charge in [0.15, 0.2) is 0 Å². The topological polar surface area (TPSA) is 45.7 Å². The standard InChI is InChI=1S/C20H29N3O2/c24-20(23-11-3-10-22(12-13-23)18-6-2-7-18)17-8-9-19(21-14-17)25-15-16-4-1-5-16/h8-9,14,16,18H,1-7,10-13,15H2. The lowest BCUT2D eigenvalue weighted by Gasteiger charge is -2.36. The molecule has 1 saturated heterocycles. The Bertz CT molecular complexity index is 581. The minimum absolute atomic E-state index is 0.105. The smallest absolute Gasteiger partial charge is 0.255 e. The monoisotopic (exact) mass is 343 g/mol. The molecular weight excluding hydrogens is 314 g/mol. The third-order valence-electron chi connectivity index (χ3n) is 6.08. The molecule has 0 bridgehead atoms. The highest BCUT2D eigenvalue weighted by Gasteiger charge is 2.28. The van der Waals surface area contributed by atoms with E-state index < -0.39 is 0 Å². The summed E-state index contributed by atoms with van der Waals surface area (Å²) in [6.07, 6.45) is 10.6. The average Bonchev–Trinajstić information content (AvgIpc) is 2.78. The molecule has 25 heavy (non-hydrogen) atoms. The summed E-state index contributed by atoms with van der Waals surface area (Å²) in [6, 6.07) is 4.47. The maximum Gasteiger partial charge on any atom is 0.255 e. The van der Waals surface area contributed by atoms with Crippen LogP contribution >= 0.6 is 0 Å². The van der Waals surface area contributed by atoms with Crippen molar-refractivity contribution in [3.05, 3.63) is 23.9 Å². The summed E-state index contributed by atoms with van der Waals surface area (Å²) in [6.45, 7) is 4.56. The van der Waals surface area contributed by atoms with E-state index in [4.69, 9.17) is 4.74 Å². The van der Waals surface area contributed by atoms with E-state index in [1.54, 1.807) is 6.20 Å². The zero-order valence-electron chi connectivity index (χ0n) is 15.0. The van der Waals surface area contributed by atoms with E-state index in [1.165, 1.54) is 38.5 Å². The van der Waals surface area contributed by atoms with E-state index in [-0.39, 0.29) is 5.91 Å². The first-order valence-electron chi connectivity index (χ1n) is 9.92. The first kappa shape index (κ1) is 16.8. The minimum Gasteiger partial charge on any atom is -0.477 e. The third-order valence-corrected chi connectivity index (χ3v) is 6.08. The summed E-state index contributed by atoms with van der Waals surface area (Å²) in [5, 5.41) is 0. The molecule has 1 amide bonds. The highest BCUT2D eigenvalue weighted by atomic mass is 16.5. The molecule has 4 rings (SSSR count). The first-order valence-corrected chi connectivity index (χ1v) is 9.92. The molecule has 2 saturated carbocycles. The van der Waals surface area contributed by atoms with Gasteiger partial charge >= 0.3 is 0 Å². The van der Waals surface area contributed by atoms with Crippen LogP contribution in [0, 0.1) is 5.92 Å². The largest absolute Gasteiger partial charge is 0.477 e. The lowest BCUT2D eigenvalue weighted by atomic mass is 9.86. The predicted molar refractivity (Wildman–Crippen MR) is 96.8 cm³/mol. The number of carbonyl (C=O) groups excluding carboxylic acids is 1. The fourth-order valence-electron chi connectivity index (χ4n) is 3.89. The van der Waals surface area contributed by atoms with Crippen LogP contribution in [0.4, 0.5) is 0 Å². The summed E-state index contributed by atoms with van der Waals surface area (Å²) in [4.78, 5) is 21.7. The molecule has 0 atom stereocenters. The maximum absolute atomic E-state index is 12.8. The molecule has 1 aliphatic heterocycles. The molecule has 0 N–H and O–H groups in total. The van der Waals surface area contributed by atoms with Gasteiger partial charge < -0.3 is 9.64 Å². The zero-order valence-corrected chi connectivity index (χ0v) is 15.0. The fourth-order valence-corrected chi connectivity index (χ4v) is 3.89. The molecule has 1 aromatic rings. The van der Waals surface area contributed by atoms with Gasteiger partial charge in [-0.1, -0.05) is 12.8 Å². The lowest BCUT2D eigenvalue weighted by molar-refractivity contribution is 0.0749. The van der Waals surface area contributed by atoms with Crippen molar-refractivity contribution in [1.29, 1.82) is 0 Å². The van der Waals surface area contributed by atoms with Crippen LogP contribution in [0.3, 0.4) is 0 Å². The van der Waals surface area contributed by atoms with E-state index in [1.807, 2.05) is 17.0 Å². The maximum atomic E-state index is 12.8. The summed E-state index contributed by atoms with van der Waals surface area (Å²) in [5.74, 6) is 1.43. The predicted octanol–water partition coefficient (Wildman–Crippen LogP) is 2.96. The van der Waals surface area contributed by atoms with Crippen molar-refractivity contribution in [2.75, 3.05) is 32.8 Å². The molecule has 5 heteroatoms. The van der Waals surface area contributed by atoms with Crippen molar-refractivity contribution < 1.29 is 9.53 Å². The van der Waals surface area contributed by atoms with Crippen molar-refractivity contribution in [1.82, 2.24) is 14.8 Å². The van der Waals surface area contributed by atoms with Crippen molar-refractivity contribution in [3.8, 4) is 5.88 Å². The van der Waals surface area contributed by atoms with Gasteiger partial charge in [-0.25, -0.2) is 4.98 Å². The Morgan fingerprint density at radius 3 is 2.52 bits per heavy atom. The summed E-state index contributed by atoms with van der Waals surface area (Å²) < 4.78 is 5.73. The minimum atomic E-state index is 0.105. The van der Waals surface area contributed by atoms with Gasteiger partial charge in [-0.2, -0.15) is 0 Å². The second-order valence-corrected chi connectivity index (χ2v) is 7.76. The number of carbonyl (C=O) groups is 1. The van der Waals surface area contributed by atoms with Gasteiger partial charge in [0.05, 0.1) is 12.2 Å². The molecule has 2 heterocycles. The third kappa shape index (κ3) is 3.97. The Balaban J connectivity index is 1.30.